The van der Waals surface area contributed by atoms with Crippen LogP contribution in [-0.2, 0) is 78.2 Å². The zero-order valence-electron chi connectivity index (χ0n) is 34.0. The summed E-state index contributed by atoms with van der Waals surface area (Å²) >= 11 is 0. The Morgan fingerprint density at radius 2 is 0.679 bits per heavy atom. The Kier molecular flexibility index (Phi) is 17.7. The van der Waals surface area contributed by atoms with Gasteiger partial charge in [0.15, 0.2) is 63.3 Å². The molecule has 4 heterocycles. The molecule has 4 saturated heterocycles. The molecule has 0 aromatic carbocycles. The number of hydrogen-bond donors (Lipinski definition) is 0. The van der Waals surface area contributed by atoms with Crippen molar-refractivity contribution < 1.29 is 78.2 Å². The van der Waals surface area contributed by atoms with Crippen molar-refractivity contribution in [2.45, 2.75) is 110 Å². The van der Waals surface area contributed by atoms with Crippen molar-refractivity contribution in [3.63, 3.8) is 0 Å². The minimum absolute atomic E-state index is 0.411. The number of hydrogen-bond acceptors (Lipinski definition) is 19. The van der Waals surface area contributed by atoms with E-state index in [2.05, 4.69) is 26.2 Å². The summed E-state index contributed by atoms with van der Waals surface area (Å²) in [7, 11) is -51.1. The number of fused-ring (bicyclic) bond motifs is 4. The van der Waals surface area contributed by atoms with Gasteiger partial charge in [-0.05, 0) is 91.7 Å². The van der Waals surface area contributed by atoms with E-state index in [0.29, 0.717) is 5.67 Å². The second-order valence-electron chi connectivity index (χ2n) is 15.1. The maximum absolute atomic E-state index is 7.32. The van der Waals surface area contributed by atoms with Crippen molar-refractivity contribution >= 4 is 155 Å². The highest BCUT2D eigenvalue weighted by atomic mass is 28.7. The molecule has 4 rings (SSSR count). The van der Waals surface area contributed by atoms with Crippen molar-refractivity contribution in [3.05, 3.63) is 0 Å². The highest BCUT2D eigenvalue weighted by Gasteiger charge is 2.85. The highest BCUT2D eigenvalue weighted by Crippen LogP contribution is 2.46. The first-order chi connectivity index (χ1) is 24.4. The van der Waals surface area contributed by atoms with Crippen molar-refractivity contribution in [2.75, 3.05) is 0 Å². The molecule has 19 nitrogen and oxygen atoms in total. The minimum Gasteiger partial charge on any atom is -0.444 e. The summed E-state index contributed by atoms with van der Waals surface area (Å²) in [6.45, 7) is 32.2. The monoisotopic (exact) mass is 1050 g/mol. The first kappa shape index (κ1) is 48.6. The molecule has 0 radical (unpaired) electrons. The summed E-state index contributed by atoms with van der Waals surface area (Å²) in [5, 5.41) is 0. The molecule has 0 saturated carbocycles. The van der Waals surface area contributed by atoms with Gasteiger partial charge in [-0.2, -0.15) is 0 Å². The molecule has 0 spiro atoms. The molecule has 4 unspecified atom stereocenters. The Morgan fingerprint density at radius 1 is 0.396 bits per heavy atom. The smallest absolute Gasteiger partial charge is 0.444 e. The molecule has 4 fully saturated rings. The van der Waals surface area contributed by atoms with Gasteiger partial charge in [-0.15, -0.1) is 0 Å². The summed E-state index contributed by atoms with van der Waals surface area (Å²) in [5.41, 5.74) is 0.411. The zero-order chi connectivity index (χ0) is 39.7. The average Bonchev–Trinajstić information content (AvgIpc) is 2.86. The van der Waals surface area contributed by atoms with Gasteiger partial charge in [0.2, 0.25) is 0 Å². The van der Waals surface area contributed by atoms with Gasteiger partial charge in [0, 0.05) is 14.5 Å². The second-order valence-corrected chi connectivity index (χ2v) is 59.8. The van der Waals surface area contributed by atoms with Crippen LogP contribution in [0.2, 0.25) is 110 Å². The Hall–Kier alpha value is 2.93. The SMILES string of the molecule is C[SiH](C)C[Si]1(O[SiH2]O[SiH](C)C)O[Si]2(O[SiH](C)C)O[Si]3(O[SiH](C)C)O[SiH2]O[Si]4(O[SiH](C)C)O[Si](O[SiH](C)C)(O1)O[Si](O[SiH](C)C)(O2)O[Si](O[SiH](C)C)(O3)O4. The molecule has 6 bridgehead atoms. The summed E-state index contributed by atoms with van der Waals surface area (Å²) in [5.74, 6) is 0. The molecule has 4 aliphatic heterocycles. The third-order valence-electron chi connectivity index (χ3n) is 6.40. The molecule has 0 aromatic rings. The molecule has 0 aliphatic carbocycles. The molecule has 0 N–H and O–H groups in total. The summed E-state index contributed by atoms with van der Waals surface area (Å²) in [4.78, 5) is 0. The van der Waals surface area contributed by atoms with Crippen LogP contribution in [0.1, 0.15) is 0 Å². The van der Waals surface area contributed by atoms with Crippen molar-refractivity contribution in [3.8, 4) is 0 Å². The molecule has 312 valence electrons. The van der Waals surface area contributed by atoms with Crippen LogP contribution in [0.4, 0.5) is 0 Å². The lowest BCUT2D eigenvalue weighted by atomic mass is 11.8. The predicted molar refractivity (Wildman–Crippen MR) is 234 cm³/mol. The van der Waals surface area contributed by atoms with Crippen LogP contribution < -0.4 is 0 Å². The lowest BCUT2D eigenvalue weighted by Crippen LogP contribution is -2.87. The van der Waals surface area contributed by atoms with Gasteiger partial charge in [0.05, 0.1) is 0 Å². The van der Waals surface area contributed by atoms with Crippen LogP contribution >= 0.6 is 0 Å². The molecular weight excluding hydrogens is 986 g/mol. The van der Waals surface area contributed by atoms with Crippen LogP contribution in [0, 0.1) is 0 Å². The molecule has 4 atom stereocenters. The molecule has 0 aromatic heterocycles. The maximum Gasteiger partial charge on any atom is 0.651 e. The zero-order valence-corrected chi connectivity index (χ0v) is 53.1. The predicted octanol–water partition coefficient (Wildman–Crippen LogP) is -1.18. The van der Waals surface area contributed by atoms with E-state index >= 15 is 0 Å². The first-order valence-corrected chi connectivity index (χ1v) is 54.9. The standard InChI is InChI=1S/C17H62O19Si17/c1-39(2)17-47(19-37-18-40(3)4)28-50(24-43(9)10)30-48(22-41(5)6)20-38-21-49(23-42(7)8)31-51(29-47,25-44(11)12)35-53(34-50,27-46(15)16)36-52(32-48,33-49)26-45(13)14/h39-46H,17,37-38H2,1-16H3. The van der Waals surface area contributed by atoms with Crippen LogP contribution in [0.15, 0.2) is 0 Å². The van der Waals surface area contributed by atoms with E-state index in [4.69, 9.17) is 78.2 Å². The van der Waals surface area contributed by atoms with Gasteiger partial charge >= 0.3 is 63.1 Å². The molecule has 4 aliphatic rings. The lowest BCUT2D eigenvalue weighted by Gasteiger charge is -2.56. The van der Waals surface area contributed by atoms with Crippen molar-refractivity contribution in [1.29, 1.82) is 0 Å². The molecule has 53 heavy (non-hydrogen) atoms. The van der Waals surface area contributed by atoms with Gasteiger partial charge in [-0.1, -0.05) is 13.1 Å². The van der Waals surface area contributed by atoms with E-state index in [0.717, 1.165) is 0 Å². The van der Waals surface area contributed by atoms with Gasteiger partial charge in [0.25, 0.3) is 20.0 Å². The Bertz CT molecular complexity index is 1140. The van der Waals surface area contributed by atoms with Crippen LogP contribution in [0.25, 0.3) is 0 Å². The van der Waals surface area contributed by atoms with E-state index in [1.165, 1.54) is 0 Å². The van der Waals surface area contributed by atoms with E-state index in [-0.39, 0.29) is 0 Å². The quantitative estimate of drug-likeness (QED) is 0.150. The van der Waals surface area contributed by atoms with E-state index in [1.54, 1.807) is 0 Å². The van der Waals surface area contributed by atoms with Gasteiger partial charge in [0.1, 0.15) is 0 Å². The number of rotatable bonds is 18. The fourth-order valence-electron chi connectivity index (χ4n) is 5.20. The maximum atomic E-state index is 7.32. The fraction of sp³-hybridized carbons (Fsp3) is 1.00. The van der Waals surface area contributed by atoms with Crippen LogP contribution in [0.5, 0.6) is 0 Å². The molecular formula is C17H62O19Si17. The summed E-state index contributed by atoms with van der Waals surface area (Å²) in [6, 6.07) is 0. The van der Waals surface area contributed by atoms with Crippen LogP contribution in [0.3, 0.4) is 0 Å². The third-order valence-corrected chi connectivity index (χ3v) is 57.6. The summed E-state index contributed by atoms with van der Waals surface area (Å²) in [6.07, 6.45) is 0. The average molecular weight is 1050 g/mol. The lowest BCUT2D eigenvalue weighted by molar-refractivity contribution is -0.0863. The largest absolute Gasteiger partial charge is 0.651 e. The topological polar surface area (TPSA) is 175 Å². The van der Waals surface area contributed by atoms with Crippen molar-refractivity contribution in [1.82, 2.24) is 0 Å². The first-order valence-electron chi connectivity index (χ1n) is 18.3. The normalized spacial score (nSPS) is 38.7. The van der Waals surface area contributed by atoms with Crippen LogP contribution in [-0.4, -0.2) is 155 Å². The summed E-state index contributed by atoms with van der Waals surface area (Å²) < 4.78 is 132. The molecule has 0 amide bonds. The Morgan fingerprint density at radius 3 is 0.962 bits per heavy atom. The Balaban J connectivity index is 2.18. The van der Waals surface area contributed by atoms with E-state index in [9.17, 15) is 0 Å². The van der Waals surface area contributed by atoms with Gasteiger partial charge < -0.3 is 78.2 Å². The fourth-order valence-corrected chi connectivity index (χ4v) is 67.5. The van der Waals surface area contributed by atoms with Gasteiger partial charge in [-0.25, -0.2) is 0 Å². The van der Waals surface area contributed by atoms with E-state index < -0.39 is 155 Å². The second kappa shape index (κ2) is 19.3. The highest BCUT2D eigenvalue weighted by molar-refractivity contribution is 6.99. The van der Waals surface area contributed by atoms with E-state index in [1.807, 2.05) is 78.6 Å². The minimum atomic E-state index is -4.71. The Labute approximate surface area is 341 Å². The van der Waals surface area contributed by atoms with Crippen molar-refractivity contribution in [2.24, 2.45) is 0 Å². The third kappa shape index (κ3) is 13.5. The van der Waals surface area contributed by atoms with Gasteiger partial charge in [-0.3, -0.25) is 0 Å². The molecule has 36 heteroatoms.